The maximum atomic E-state index is 14.2. The first-order valence-corrected chi connectivity index (χ1v) is 18.8. The van der Waals surface area contributed by atoms with Gasteiger partial charge in [0, 0.05) is 42.0 Å². The van der Waals surface area contributed by atoms with Crippen molar-refractivity contribution >= 4 is 34.9 Å². The van der Waals surface area contributed by atoms with Crippen LogP contribution in [0, 0.1) is 5.92 Å². The van der Waals surface area contributed by atoms with Crippen molar-refractivity contribution in [1.82, 2.24) is 25.6 Å². The van der Waals surface area contributed by atoms with Crippen LogP contribution < -0.4 is 20.2 Å². The molecule has 3 aromatic rings. The molecular formula is C42H53N5O8. The van der Waals surface area contributed by atoms with E-state index in [-0.39, 0.29) is 32.0 Å². The van der Waals surface area contributed by atoms with Gasteiger partial charge in [-0.25, -0.2) is 29.8 Å². The molecule has 1 aromatic heterocycles. The zero-order valence-electron chi connectivity index (χ0n) is 32.5. The van der Waals surface area contributed by atoms with E-state index in [1.165, 1.54) is 4.90 Å². The minimum atomic E-state index is -1.28. The molecule has 2 aromatic carbocycles. The van der Waals surface area contributed by atoms with Gasteiger partial charge in [-0.15, -0.1) is 13.2 Å². The number of nitrogens with one attached hydrogen (secondary N) is 2. The number of urea groups is 1. The van der Waals surface area contributed by atoms with E-state index in [0.717, 1.165) is 29.8 Å². The number of hydrogen-bond donors (Lipinski definition) is 2. The van der Waals surface area contributed by atoms with Crippen LogP contribution in [0.15, 0.2) is 79.9 Å². The number of amides is 4. The van der Waals surface area contributed by atoms with E-state index in [0.29, 0.717) is 40.9 Å². The zero-order chi connectivity index (χ0) is 39.8. The van der Waals surface area contributed by atoms with Gasteiger partial charge in [0.05, 0.1) is 31.5 Å². The predicted molar refractivity (Wildman–Crippen MR) is 209 cm³/mol. The van der Waals surface area contributed by atoms with Gasteiger partial charge in [0.15, 0.2) is 0 Å². The molecule has 4 amide bonds. The fraction of sp³-hybridized carbons (Fsp3) is 0.452. The van der Waals surface area contributed by atoms with E-state index in [2.05, 4.69) is 23.9 Å². The third-order valence-electron chi connectivity index (χ3n) is 9.59. The lowest BCUT2D eigenvalue weighted by Gasteiger charge is -2.31. The van der Waals surface area contributed by atoms with Crippen LogP contribution in [0.25, 0.3) is 22.2 Å². The number of esters is 1. The maximum Gasteiger partial charge on any atom is 0.429 e. The number of pyridine rings is 1. The van der Waals surface area contributed by atoms with Gasteiger partial charge >= 0.3 is 18.1 Å². The average Bonchev–Trinajstić information content (AvgIpc) is 3.71. The van der Waals surface area contributed by atoms with E-state index in [9.17, 15) is 19.2 Å². The van der Waals surface area contributed by atoms with E-state index in [4.69, 9.17) is 23.9 Å². The summed E-state index contributed by atoms with van der Waals surface area (Å²) in [5.41, 5.74) is 2.79. The lowest BCUT2D eigenvalue weighted by Crippen LogP contribution is -2.58. The molecule has 1 aliphatic heterocycles. The Hall–Kier alpha value is -5.59. The number of benzene rings is 2. The summed E-state index contributed by atoms with van der Waals surface area (Å²) < 4.78 is 23.1. The smallest absolute Gasteiger partial charge is 0.429 e. The van der Waals surface area contributed by atoms with Crippen molar-refractivity contribution in [1.29, 1.82) is 0 Å². The Balaban J connectivity index is 1.46. The van der Waals surface area contributed by atoms with Crippen LogP contribution in [0.2, 0.25) is 0 Å². The summed E-state index contributed by atoms with van der Waals surface area (Å²) in [5, 5.41) is 4.76. The average molecular weight is 756 g/mol. The number of carbonyl (C=O) groups is 4. The van der Waals surface area contributed by atoms with Gasteiger partial charge in [-0.1, -0.05) is 48.9 Å². The number of nitrogens with zero attached hydrogens (tertiary/aromatic N) is 3. The van der Waals surface area contributed by atoms with Crippen molar-refractivity contribution in [3.63, 3.8) is 0 Å². The van der Waals surface area contributed by atoms with Crippen molar-refractivity contribution in [3.05, 3.63) is 79.9 Å². The monoisotopic (exact) mass is 755 g/mol. The van der Waals surface area contributed by atoms with Crippen LogP contribution >= 0.6 is 0 Å². The highest BCUT2D eigenvalue weighted by molar-refractivity contribution is 5.95. The number of hydrogen-bond acceptors (Lipinski definition) is 9. The Labute approximate surface area is 323 Å². The number of ether oxygens (including phenoxy) is 4. The lowest BCUT2D eigenvalue weighted by atomic mass is 10.1. The molecule has 0 radical (unpaired) electrons. The standard InChI is InChI=1S/C42H53N5O8/c1-8-11-12-13-17-22-47(40(51)55-41(4,5)6)45-39(50)46-27-31(24-35(46)37(48)44-42(26-29(42)9-2)38(49)53-10-3)54-36-25-33(28-18-15-14-16-19-28)43-34-23-30(52-7)20-21-32(34)36/h8-9,14-16,18-21,23,25,29,31,35H,1-2,10-13,17,22,24,26-27H2,3-7H3,(H,44,48)(H,45,50). The van der Waals surface area contributed by atoms with Crippen molar-refractivity contribution in [2.24, 2.45) is 5.92 Å². The number of likely N-dealkylation sites (tertiary alicyclic amines) is 1. The molecule has 2 fully saturated rings. The Morgan fingerprint density at radius 3 is 2.47 bits per heavy atom. The van der Waals surface area contributed by atoms with Gasteiger partial charge < -0.3 is 29.2 Å². The summed E-state index contributed by atoms with van der Waals surface area (Å²) in [6.45, 7) is 14.8. The second kappa shape index (κ2) is 17.7. The Morgan fingerprint density at radius 2 is 1.82 bits per heavy atom. The fourth-order valence-electron chi connectivity index (χ4n) is 6.68. The zero-order valence-corrected chi connectivity index (χ0v) is 32.5. The number of allylic oxidation sites excluding steroid dienone is 1. The van der Waals surface area contributed by atoms with Crippen LogP contribution in [-0.2, 0) is 19.1 Å². The first-order valence-electron chi connectivity index (χ1n) is 18.8. The molecule has 4 atom stereocenters. The number of rotatable bonds is 15. The van der Waals surface area contributed by atoms with Gasteiger partial charge in [0.1, 0.15) is 34.8 Å². The second-order valence-electron chi connectivity index (χ2n) is 14.8. The molecule has 1 saturated carbocycles. The summed E-state index contributed by atoms with van der Waals surface area (Å²) in [6.07, 6.45) is 5.57. The number of hydrazine groups is 1. The topological polar surface area (TPSA) is 149 Å². The fourth-order valence-corrected chi connectivity index (χ4v) is 6.68. The molecule has 13 heteroatoms. The quantitative estimate of drug-likeness (QED) is 0.0727. The van der Waals surface area contributed by atoms with Gasteiger partial charge in [-0.05, 0) is 65.5 Å². The van der Waals surface area contributed by atoms with Gasteiger partial charge in [-0.2, -0.15) is 0 Å². The molecule has 5 rings (SSSR count). The van der Waals surface area contributed by atoms with Crippen molar-refractivity contribution in [2.75, 3.05) is 26.8 Å². The van der Waals surface area contributed by atoms with E-state index in [1.807, 2.05) is 60.7 Å². The maximum absolute atomic E-state index is 14.2. The first-order chi connectivity index (χ1) is 26.3. The molecule has 1 aliphatic carbocycles. The molecule has 4 unspecified atom stereocenters. The lowest BCUT2D eigenvalue weighted by molar-refractivity contribution is -0.149. The largest absolute Gasteiger partial charge is 0.497 e. The van der Waals surface area contributed by atoms with Crippen molar-refractivity contribution < 1.29 is 38.1 Å². The third-order valence-corrected chi connectivity index (χ3v) is 9.59. The minimum absolute atomic E-state index is 0.0106. The van der Waals surface area contributed by atoms with Crippen LogP contribution in [0.1, 0.15) is 66.2 Å². The molecule has 13 nitrogen and oxygen atoms in total. The summed E-state index contributed by atoms with van der Waals surface area (Å²) in [7, 11) is 1.58. The SMILES string of the molecule is C=CCCCCCN(NC(=O)N1CC(Oc2cc(-c3ccccc3)nc3cc(OC)ccc23)CC1C(=O)NC1(C(=O)OCC)CC1C=C)C(=O)OC(C)(C)C. The number of carbonyl (C=O) groups excluding carboxylic acids is 4. The summed E-state index contributed by atoms with van der Waals surface area (Å²) >= 11 is 0. The van der Waals surface area contributed by atoms with Crippen LogP contribution in [0.5, 0.6) is 11.5 Å². The van der Waals surface area contributed by atoms with E-state index in [1.54, 1.807) is 40.9 Å². The highest BCUT2D eigenvalue weighted by atomic mass is 16.6. The van der Waals surface area contributed by atoms with E-state index < -0.39 is 47.3 Å². The normalized spacial score (nSPS) is 20.2. The highest BCUT2D eigenvalue weighted by Crippen LogP contribution is 2.46. The Bertz CT molecular complexity index is 1880. The van der Waals surface area contributed by atoms with Gasteiger partial charge in [0.25, 0.3) is 0 Å². The van der Waals surface area contributed by atoms with Crippen LogP contribution in [0.3, 0.4) is 0 Å². The van der Waals surface area contributed by atoms with E-state index >= 15 is 0 Å². The number of unbranched alkanes of at least 4 members (excludes halogenated alkanes) is 3. The molecule has 294 valence electrons. The molecule has 2 N–H and O–H groups in total. The summed E-state index contributed by atoms with van der Waals surface area (Å²) in [6, 6.07) is 15.2. The van der Waals surface area contributed by atoms with Crippen molar-refractivity contribution in [3.8, 4) is 22.8 Å². The molecule has 0 bridgehead atoms. The number of aromatic nitrogens is 1. The van der Waals surface area contributed by atoms with Crippen molar-refractivity contribution in [2.45, 2.75) is 89.5 Å². The molecule has 2 aliphatic rings. The minimum Gasteiger partial charge on any atom is -0.497 e. The third kappa shape index (κ3) is 9.94. The molecular weight excluding hydrogens is 702 g/mol. The Kier molecular flexibility index (Phi) is 13.1. The first kappa shape index (κ1) is 40.6. The number of methoxy groups -OCH3 is 1. The Morgan fingerprint density at radius 1 is 1.05 bits per heavy atom. The second-order valence-corrected chi connectivity index (χ2v) is 14.8. The summed E-state index contributed by atoms with van der Waals surface area (Å²) in [5.74, 6) is -0.312. The molecule has 0 spiro atoms. The highest BCUT2D eigenvalue weighted by Gasteiger charge is 2.62. The number of fused-ring (bicyclic) bond motifs is 1. The van der Waals surface area contributed by atoms with Gasteiger partial charge in [-0.3, -0.25) is 4.79 Å². The van der Waals surface area contributed by atoms with Crippen LogP contribution in [0.4, 0.5) is 9.59 Å². The molecule has 1 saturated heterocycles. The van der Waals surface area contributed by atoms with Crippen LogP contribution in [-0.4, -0.2) is 89.0 Å². The molecule has 55 heavy (non-hydrogen) atoms. The van der Waals surface area contributed by atoms with Gasteiger partial charge in [0.2, 0.25) is 5.91 Å². The predicted octanol–water partition coefficient (Wildman–Crippen LogP) is 6.96. The summed E-state index contributed by atoms with van der Waals surface area (Å²) in [4.78, 5) is 61.1. The molecule has 2 heterocycles.